The standard InChI is InChI=1S/C12H25NO2/c1-4-6-7-10(5-2)8-12(3,9-13)11(14)15/h10H,4-9,13H2,1-3H3,(H,14,15). The molecule has 3 heteroatoms. The molecule has 0 fully saturated rings. The first-order chi connectivity index (χ1) is 7.00. The molecule has 3 N–H and O–H groups in total. The molecule has 2 atom stereocenters. The Bertz CT molecular complexity index is 194. The first kappa shape index (κ1) is 14.4. The second-order valence-corrected chi connectivity index (χ2v) is 4.69. The monoisotopic (exact) mass is 215 g/mol. The number of hydrogen-bond acceptors (Lipinski definition) is 2. The highest BCUT2D eigenvalue weighted by Gasteiger charge is 2.33. The lowest BCUT2D eigenvalue weighted by Gasteiger charge is -2.27. The van der Waals surface area contributed by atoms with E-state index >= 15 is 0 Å². The molecule has 0 saturated heterocycles. The fourth-order valence-corrected chi connectivity index (χ4v) is 1.84. The summed E-state index contributed by atoms with van der Waals surface area (Å²) < 4.78 is 0. The van der Waals surface area contributed by atoms with E-state index in [4.69, 9.17) is 10.8 Å². The minimum atomic E-state index is -0.764. The van der Waals surface area contributed by atoms with Gasteiger partial charge in [0.15, 0.2) is 0 Å². The van der Waals surface area contributed by atoms with Crippen molar-refractivity contribution in [2.75, 3.05) is 6.54 Å². The summed E-state index contributed by atoms with van der Waals surface area (Å²) in [4.78, 5) is 11.1. The third-order valence-electron chi connectivity index (χ3n) is 3.25. The predicted octanol–water partition coefficient (Wildman–Crippen LogP) is 2.64. The van der Waals surface area contributed by atoms with Crippen molar-refractivity contribution in [3.63, 3.8) is 0 Å². The van der Waals surface area contributed by atoms with Crippen LogP contribution in [0.2, 0.25) is 0 Å². The van der Waals surface area contributed by atoms with E-state index in [2.05, 4.69) is 13.8 Å². The molecular weight excluding hydrogens is 190 g/mol. The number of carboxylic acids is 1. The van der Waals surface area contributed by atoms with Gasteiger partial charge in [0.1, 0.15) is 0 Å². The summed E-state index contributed by atoms with van der Waals surface area (Å²) in [5.41, 5.74) is 4.82. The summed E-state index contributed by atoms with van der Waals surface area (Å²) in [5, 5.41) is 9.12. The van der Waals surface area contributed by atoms with E-state index in [9.17, 15) is 4.79 Å². The van der Waals surface area contributed by atoms with Crippen molar-refractivity contribution in [2.45, 2.75) is 52.9 Å². The third-order valence-corrected chi connectivity index (χ3v) is 3.25. The normalized spacial score (nSPS) is 17.1. The number of unbranched alkanes of at least 4 members (excludes halogenated alkanes) is 1. The summed E-state index contributed by atoms with van der Waals surface area (Å²) in [6.45, 7) is 6.26. The van der Waals surface area contributed by atoms with Crippen molar-refractivity contribution >= 4 is 5.97 Å². The Labute approximate surface area is 93.0 Å². The van der Waals surface area contributed by atoms with Crippen LogP contribution < -0.4 is 5.73 Å². The Morgan fingerprint density at radius 2 is 2.07 bits per heavy atom. The minimum Gasteiger partial charge on any atom is -0.481 e. The van der Waals surface area contributed by atoms with E-state index in [1.54, 1.807) is 6.92 Å². The Kier molecular flexibility index (Phi) is 6.57. The van der Waals surface area contributed by atoms with Gasteiger partial charge >= 0.3 is 5.97 Å². The highest BCUT2D eigenvalue weighted by atomic mass is 16.4. The second-order valence-electron chi connectivity index (χ2n) is 4.69. The molecule has 0 spiro atoms. The van der Waals surface area contributed by atoms with Crippen LogP contribution in [-0.2, 0) is 4.79 Å². The Morgan fingerprint density at radius 3 is 2.40 bits per heavy atom. The molecule has 0 aliphatic rings. The fraction of sp³-hybridized carbons (Fsp3) is 0.917. The van der Waals surface area contributed by atoms with Crippen LogP contribution in [0.5, 0.6) is 0 Å². The van der Waals surface area contributed by atoms with E-state index < -0.39 is 11.4 Å². The molecule has 90 valence electrons. The lowest BCUT2D eigenvalue weighted by atomic mass is 9.78. The first-order valence-corrected chi connectivity index (χ1v) is 5.93. The average molecular weight is 215 g/mol. The smallest absolute Gasteiger partial charge is 0.310 e. The van der Waals surface area contributed by atoms with Crippen LogP contribution in [0.1, 0.15) is 52.9 Å². The van der Waals surface area contributed by atoms with E-state index in [1.807, 2.05) is 0 Å². The molecule has 0 aromatic carbocycles. The lowest BCUT2D eigenvalue weighted by Crippen LogP contribution is -2.37. The van der Waals surface area contributed by atoms with Gasteiger partial charge in [-0.15, -0.1) is 0 Å². The fourth-order valence-electron chi connectivity index (χ4n) is 1.84. The van der Waals surface area contributed by atoms with Gasteiger partial charge in [-0.2, -0.15) is 0 Å². The third kappa shape index (κ3) is 4.65. The molecule has 0 aliphatic carbocycles. The zero-order chi connectivity index (χ0) is 11.9. The summed E-state index contributed by atoms with van der Waals surface area (Å²) in [6.07, 6.45) is 5.22. The Hall–Kier alpha value is -0.570. The van der Waals surface area contributed by atoms with Crippen molar-refractivity contribution in [3.8, 4) is 0 Å². The van der Waals surface area contributed by atoms with E-state index in [0.29, 0.717) is 12.3 Å². The first-order valence-electron chi connectivity index (χ1n) is 5.93. The van der Waals surface area contributed by atoms with Crippen molar-refractivity contribution in [1.82, 2.24) is 0 Å². The van der Waals surface area contributed by atoms with Crippen LogP contribution in [0.15, 0.2) is 0 Å². The summed E-state index contributed by atoms with van der Waals surface area (Å²) in [6, 6.07) is 0. The maximum absolute atomic E-state index is 11.1. The minimum absolute atomic E-state index is 0.227. The van der Waals surface area contributed by atoms with Gasteiger partial charge in [0.05, 0.1) is 5.41 Å². The van der Waals surface area contributed by atoms with E-state index in [1.165, 1.54) is 12.8 Å². The van der Waals surface area contributed by atoms with Crippen LogP contribution in [0.3, 0.4) is 0 Å². The second kappa shape index (κ2) is 6.83. The van der Waals surface area contributed by atoms with Gasteiger partial charge in [0, 0.05) is 6.54 Å². The summed E-state index contributed by atoms with van der Waals surface area (Å²) in [5.74, 6) is -0.269. The Morgan fingerprint density at radius 1 is 1.47 bits per heavy atom. The van der Waals surface area contributed by atoms with Gasteiger partial charge < -0.3 is 10.8 Å². The zero-order valence-corrected chi connectivity index (χ0v) is 10.3. The molecule has 0 saturated carbocycles. The number of carbonyl (C=O) groups is 1. The Balaban J connectivity index is 4.29. The van der Waals surface area contributed by atoms with E-state index in [-0.39, 0.29) is 6.54 Å². The molecule has 0 aromatic rings. The number of nitrogens with two attached hydrogens (primary N) is 1. The SMILES string of the molecule is CCCCC(CC)CC(C)(CN)C(=O)O. The van der Waals surface area contributed by atoms with Gasteiger partial charge in [-0.3, -0.25) is 4.79 Å². The van der Waals surface area contributed by atoms with Crippen molar-refractivity contribution in [3.05, 3.63) is 0 Å². The van der Waals surface area contributed by atoms with Gasteiger partial charge in [-0.1, -0.05) is 39.5 Å². The van der Waals surface area contributed by atoms with Gasteiger partial charge in [0.25, 0.3) is 0 Å². The highest BCUT2D eigenvalue weighted by molar-refractivity contribution is 5.74. The lowest BCUT2D eigenvalue weighted by molar-refractivity contribution is -0.148. The molecular formula is C12H25NO2. The number of hydrogen-bond donors (Lipinski definition) is 2. The summed E-state index contributed by atoms with van der Waals surface area (Å²) in [7, 11) is 0. The van der Waals surface area contributed by atoms with E-state index in [0.717, 1.165) is 12.8 Å². The number of aliphatic carboxylic acids is 1. The van der Waals surface area contributed by atoms with Gasteiger partial charge in [-0.25, -0.2) is 0 Å². The van der Waals surface area contributed by atoms with Gasteiger partial charge in [0.2, 0.25) is 0 Å². The maximum Gasteiger partial charge on any atom is 0.310 e. The van der Waals surface area contributed by atoms with Crippen molar-refractivity contribution < 1.29 is 9.90 Å². The molecule has 3 nitrogen and oxygen atoms in total. The van der Waals surface area contributed by atoms with Crippen LogP contribution in [0.4, 0.5) is 0 Å². The van der Waals surface area contributed by atoms with Crippen LogP contribution >= 0.6 is 0 Å². The highest BCUT2D eigenvalue weighted by Crippen LogP contribution is 2.30. The molecule has 15 heavy (non-hydrogen) atoms. The van der Waals surface area contributed by atoms with Crippen LogP contribution in [-0.4, -0.2) is 17.6 Å². The van der Waals surface area contributed by atoms with Crippen molar-refractivity contribution in [2.24, 2.45) is 17.1 Å². The molecule has 0 radical (unpaired) electrons. The number of rotatable bonds is 8. The molecule has 0 bridgehead atoms. The predicted molar refractivity (Wildman–Crippen MR) is 62.7 cm³/mol. The molecule has 0 aromatic heterocycles. The van der Waals surface area contributed by atoms with Crippen molar-refractivity contribution in [1.29, 1.82) is 0 Å². The van der Waals surface area contributed by atoms with Crippen LogP contribution in [0.25, 0.3) is 0 Å². The van der Waals surface area contributed by atoms with Gasteiger partial charge in [-0.05, 0) is 19.3 Å². The number of carboxylic acid groups (broad SMARTS) is 1. The zero-order valence-electron chi connectivity index (χ0n) is 10.3. The van der Waals surface area contributed by atoms with Crippen LogP contribution in [0, 0.1) is 11.3 Å². The molecule has 0 rings (SSSR count). The summed E-state index contributed by atoms with van der Waals surface area (Å²) >= 11 is 0. The molecule has 2 unspecified atom stereocenters. The largest absolute Gasteiger partial charge is 0.481 e. The molecule has 0 aliphatic heterocycles. The average Bonchev–Trinajstić information content (AvgIpc) is 2.23. The molecule has 0 heterocycles. The molecule has 0 amide bonds. The maximum atomic E-state index is 11.1. The quantitative estimate of drug-likeness (QED) is 0.654. The topological polar surface area (TPSA) is 63.3 Å².